The number of fused-ring (bicyclic) bond motifs is 1. The molecule has 0 aliphatic heterocycles. The summed E-state index contributed by atoms with van der Waals surface area (Å²) in [6.45, 7) is 1.92. The number of furan rings is 1. The SMILES string of the molecule is CNS(=O)(=O)c1ccc(C(=O)Nc2cccc3[nH]c(C)cc23)o1. The van der Waals surface area contributed by atoms with Gasteiger partial charge < -0.3 is 14.7 Å². The van der Waals surface area contributed by atoms with Gasteiger partial charge >= 0.3 is 0 Å². The summed E-state index contributed by atoms with van der Waals surface area (Å²) in [5, 5.41) is 3.29. The van der Waals surface area contributed by atoms with Crippen LogP contribution in [0.2, 0.25) is 0 Å². The number of nitrogens with one attached hydrogen (secondary N) is 3. The Bertz CT molecular complexity index is 985. The molecule has 0 bridgehead atoms. The first kappa shape index (κ1) is 15.3. The Morgan fingerprint density at radius 1 is 1.22 bits per heavy atom. The van der Waals surface area contributed by atoms with E-state index in [1.807, 2.05) is 25.1 Å². The summed E-state index contributed by atoms with van der Waals surface area (Å²) < 4.78 is 30.5. The highest BCUT2D eigenvalue weighted by molar-refractivity contribution is 7.89. The quantitative estimate of drug-likeness (QED) is 0.681. The molecule has 3 aromatic rings. The Morgan fingerprint density at radius 3 is 2.74 bits per heavy atom. The molecule has 3 rings (SSSR count). The highest BCUT2D eigenvalue weighted by Crippen LogP contribution is 2.25. The van der Waals surface area contributed by atoms with Crippen LogP contribution in [0.4, 0.5) is 5.69 Å². The van der Waals surface area contributed by atoms with Gasteiger partial charge in [-0.05, 0) is 44.3 Å². The Labute approximate surface area is 132 Å². The molecule has 8 heteroatoms. The van der Waals surface area contributed by atoms with Crippen molar-refractivity contribution in [3.63, 3.8) is 0 Å². The van der Waals surface area contributed by atoms with Crippen molar-refractivity contribution < 1.29 is 17.6 Å². The average Bonchev–Trinajstić information content (AvgIpc) is 3.13. The van der Waals surface area contributed by atoms with Crippen LogP contribution in [0.1, 0.15) is 16.2 Å². The zero-order valence-electron chi connectivity index (χ0n) is 12.5. The van der Waals surface area contributed by atoms with E-state index in [1.54, 1.807) is 6.07 Å². The summed E-state index contributed by atoms with van der Waals surface area (Å²) in [5.41, 5.74) is 2.49. The summed E-state index contributed by atoms with van der Waals surface area (Å²) in [6.07, 6.45) is 0. The molecule has 0 aliphatic carbocycles. The van der Waals surface area contributed by atoms with Gasteiger partial charge in [0.2, 0.25) is 5.09 Å². The van der Waals surface area contributed by atoms with Gasteiger partial charge in [0.15, 0.2) is 5.76 Å². The molecular weight excluding hydrogens is 318 g/mol. The third-order valence-electron chi connectivity index (χ3n) is 3.39. The Morgan fingerprint density at radius 2 is 2.00 bits per heavy atom. The fraction of sp³-hybridized carbons (Fsp3) is 0.133. The number of carbonyl (C=O) groups is 1. The second-order valence-electron chi connectivity index (χ2n) is 5.00. The van der Waals surface area contributed by atoms with Gasteiger partial charge in [-0.15, -0.1) is 0 Å². The summed E-state index contributed by atoms with van der Waals surface area (Å²) in [7, 11) is -2.45. The highest BCUT2D eigenvalue weighted by Gasteiger charge is 2.20. The summed E-state index contributed by atoms with van der Waals surface area (Å²) in [5.74, 6) is -0.600. The number of sulfonamides is 1. The lowest BCUT2D eigenvalue weighted by Gasteiger charge is -2.04. The number of aryl methyl sites for hydroxylation is 1. The van der Waals surface area contributed by atoms with E-state index < -0.39 is 15.9 Å². The fourth-order valence-electron chi connectivity index (χ4n) is 2.27. The minimum Gasteiger partial charge on any atom is -0.438 e. The lowest BCUT2D eigenvalue weighted by atomic mass is 10.2. The van der Waals surface area contributed by atoms with Crippen LogP contribution in [-0.4, -0.2) is 26.4 Å². The number of H-pyrrole nitrogens is 1. The second-order valence-corrected chi connectivity index (χ2v) is 6.82. The monoisotopic (exact) mass is 333 g/mol. The maximum Gasteiger partial charge on any atom is 0.291 e. The third kappa shape index (κ3) is 2.86. The van der Waals surface area contributed by atoms with E-state index in [0.29, 0.717) is 5.69 Å². The number of hydrogen-bond donors (Lipinski definition) is 3. The first-order chi connectivity index (χ1) is 10.9. The molecule has 0 saturated carbocycles. The van der Waals surface area contributed by atoms with E-state index >= 15 is 0 Å². The Kier molecular flexibility index (Phi) is 3.70. The number of benzene rings is 1. The van der Waals surface area contributed by atoms with Crippen molar-refractivity contribution in [2.24, 2.45) is 0 Å². The molecule has 0 aliphatic rings. The van der Waals surface area contributed by atoms with Gasteiger partial charge in [-0.1, -0.05) is 6.07 Å². The van der Waals surface area contributed by atoms with Crippen LogP contribution >= 0.6 is 0 Å². The van der Waals surface area contributed by atoms with Gasteiger partial charge in [0.05, 0.1) is 5.69 Å². The molecular formula is C15H15N3O4S. The first-order valence-electron chi connectivity index (χ1n) is 6.84. The molecule has 0 radical (unpaired) electrons. The molecule has 7 nitrogen and oxygen atoms in total. The number of carbonyl (C=O) groups excluding carboxylic acids is 1. The maximum absolute atomic E-state index is 12.3. The van der Waals surface area contributed by atoms with Crippen molar-refractivity contribution in [1.82, 2.24) is 9.71 Å². The van der Waals surface area contributed by atoms with Crippen LogP contribution in [0.5, 0.6) is 0 Å². The van der Waals surface area contributed by atoms with Crippen LogP contribution < -0.4 is 10.0 Å². The van der Waals surface area contributed by atoms with E-state index in [1.165, 1.54) is 19.2 Å². The molecule has 1 amide bonds. The van der Waals surface area contributed by atoms with Crippen LogP contribution in [0.25, 0.3) is 10.9 Å². The molecule has 0 unspecified atom stereocenters. The van der Waals surface area contributed by atoms with Crippen molar-refractivity contribution in [3.8, 4) is 0 Å². The Hall–Kier alpha value is -2.58. The number of anilines is 1. The molecule has 0 atom stereocenters. The number of aromatic amines is 1. The minimum atomic E-state index is -3.72. The van der Waals surface area contributed by atoms with Gasteiger partial charge in [-0.25, -0.2) is 13.1 Å². The van der Waals surface area contributed by atoms with E-state index in [2.05, 4.69) is 15.0 Å². The van der Waals surface area contributed by atoms with E-state index in [0.717, 1.165) is 16.6 Å². The molecule has 2 aromatic heterocycles. The highest BCUT2D eigenvalue weighted by atomic mass is 32.2. The number of rotatable bonds is 4. The molecule has 1 aromatic carbocycles. The van der Waals surface area contributed by atoms with Gasteiger partial charge in [0.25, 0.3) is 15.9 Å². The van der Waals surface area contributed by atoms with Crippen molar-refractivity contribution in [1.29, 1.82) is 0 Å². The standard InChI is InChI=1S/C15H15N3O4S/c1-9-8-10-11(17-9)4-3-5-12(10)18-15(19)13-6-7-14(22-13)23(20,21)16-2/h3-8,16-17H,1-2H3,(H,18,19). The minimum absolute atomic E-state index is 0.0805. The fourth-order valence-corrected chi connectivity index (χ4v) is 2.92. The van der Waals surface area contributed by atoms with Crippen molar-refractivity contribution in [3.05, 3.63) is 47.9 Å². The molecule has 2 heterocycles. The lowest BCUT2D eigenvalue weighted by Crippen LogP contribution is -2.18. The molecule has 3 N–H and O–H groups in total. The van der Waals surface area contributed by atoms with Crippen molar-refractivity contribution in [2.75, 3.05) is 12.4 Å². The number of amides is 1. The van der Waals surface area contributed by atoms with Crippen molar-refractivity contribution in [2.45, 2.75) is 12.0 Å². The van der Waals surface area contributed by atoms with Crippen LogP contribution in [0.3, 0.4) is 0 Å². The Balaban J connectivity index is 1.89. The van der Waals surface area contributed by atoms with Gasteiger partial charge in [0.1, 0.15) is 0 Å². The molecule has 0 fully saturated rings. The van der Waals surface area contributed by atoms with Crippen LogP contribution in [0.15, 0.2) is 45.9 Å². The maximum atomic E-state index is 12.3. The first-order valence-corrected chi connectivity index (χ1v) is 8.32. The zero-order valence-corrected chi connectivity index (χ0v) is 13.3. The zero-order chi connectivity index (χ0) is 16.6. The topological polar surface area (TPSA) is 104 Å². The number of hydrogen-bond acceptors (Lipinski definition) is 4. The molecule has 23 heavy (non-hydrogen) atoms. The predicted octanol–water partition coefficient (Wildman–Crippen LogP) is 2.23. The predicted molar refractivity (Wildman–Crippen MR) is 85.9 cm³/mol. The average molecular weight is 333 g/mol. The molecule has 0 saturated heterocycles. The number of aromatic nitrogens is 1. The largest absolute Gasteiger partial charge is 0.438 e. The molecule has 120 valence electrons. The smallest absolute Gasteiger partial charge is 0.291 e. The van der Waals surface area contributed by atoms with Crippen LogP contribution in [-0.2, 0) is 10.0 Å². The molecule has 0 spiro atoms. The van der Waals surface area contributed by atoms with E-state index in [9.17, 15) is 13.2 Å². The lowest BCUT2D eigenvalue weighted by molar-refractivity contribution is 0.0991. The summed E-state index contributed by atoms with van der Waals surface area (Å²) in [6, 6.07) is 9.96. The third-order valence-corrected chi connectivity index (χ3v) is 4.67. The van der Waals surface area contributed by atoms with Gasteiger partial charge in [-0.2, -0.15) is 0 Å². The normalized spacial score (nSPS) is 11.7. The van der Waals surface area contributed by atoms with E-state index in [4.69, 9.17) is 4.42 Å². The van der Waals surface area contributed by atoms with Gasteiger partial charge in [-0.3, -0.25) is 4.79 Å². The van der Waals surface area contributed by atoms with Crippen LogP contribution in [0, 0.1) is 6.92 Å². The van der Waals surface area contributed by atoms with E-state index in [-0.39, 0.29) is 10.9 Å². The summed E-state index contributed by atoms with van der Waals surface area (Å²) in [4.78, 5) is 15.4. The van der Waals surface area contributed by atoms with Gasteiger partial charge in [0, 0.05) is 16.6 Å². The van der Waals surface area contributed by atoms with Crippen molar-refractivity contribution >= 4 is 32.5 Å². The summed E-state index contributed by atoms with van der Waals surface area (Å²) >= 11 is 0. The second kappa shape index (κ2) is 5.56.